The summed E-state index contributed by atoms with van der Waals surface area (Å²) in [5, 5.41) is 2.74. The highest BCUT2D eigenvalue weighted by molar-refractivity contribution is 7.09. The molecule has 0 aliphatic rings. The first-order valence-electron chi connectivity index (χ1n) is 11.4. The van der Waals surface area contributed by atoms with Crippen molar-refractivity contribution >= 4 is 28.7 Å². The molecule has 0 bridgehead atoms. The summed E-state index contributed by atoms with van der Waals surface area (Å²) in [6.45, 7) is 2.31. The molecule has 3 N–H and O–H groups in total. The lowest BCUT2D eigenvalue weighted by atomic mass is 10.2. The number of nitrogen functional groups attached to an aromatic ring is 1. The van der Waals surface area contributed by atoms with Gasteiger partial charge in [0.1, 0.15) is 11.6 Å². The van der Waals surface area contributed by atoms with Gasteiger partial charge < -0.3 is 10.2 Å². The van der Waals surface area contributed by atoms with Crippen LogP contribution in [-0.2, 0) is 30.7 Å². The molecular weight excluding hydrogens is 466 g/mol. The third-order valence-corrected chi connectivity index (χ3v) is 6.44. The summed E-state index contributed by atoms with van der Waals surface area (Å²) in [6.07, 6.45) is 3.67. The van der Waals surface area contributed by atoms with Crippen LogP contribution in [0.15, 0.2) is 68.1 Å². The lowest BCUT2D eigenvalue weighted by Gasteiger charge is -2.23. The average Bonchev–Trinajstić information content (AvgIpc) is 3.51. The number of aromatic amines is 1. The van der Waals surface area contributed by atoms with E-state index in [0.717, 1.165) is 17.0 Å². The molecule has 182 valence electrons. The predicted molar refractivity (Wildman–Crippen MR) is 136 cm³/mol. The van der Waals surface area contributed by atoms with E-state index in [1.165, 1.54) is 27.1 Å². The standard InChI is InChI=1S/C25H27N5O4S/c1-2-3-11-29-23(26)22(24(32)28-25(29)33)30(15-19-10-7-12-34-19)21(31)14-18-16-35-20(27-18)13-17-8-5-4-6-9-17/h4-10,12,16H,2-3,11,13-15,26H2,1H3,(H,28,32,33). The molecular formula is C25H27N5O4S. The average molecular weight is 494 g/mol. The molecule has 0 saturated heterocycles. The second kappa shape index (κ2) is 11.0. The van der Waals surface area contributed by atoms with Gasteiger partial charge >= 0.3 is 5.69 Å². The van der Waals surface area contributed by atoms with Gasteiger partial charge in [-0.2, -0.15) is 0 Å². The van der Waals surface area contributed by atoms with Gasteiger partial charge in [-0.25, -0.2) is 9.78 Å². The van der Waals surface area contributed by atoms with Crippen LogP contribution in [0, 0.1) is 0 Å². The number of aromatic nitrogens is 3. The monoisotopic (exact) mass is 493 g/mol. The third kappa shape index (κ3) is 5.78. The number of benzene rings is 1. The van der Waals surface area contributed by atoms with E-state index >= 15 is 0 Å². The van der Waals surface area contributed by atoms with Gasteiger partial charge in [-0.05, 0) is 24.1 Å². The number of anilines is 2. The van der Waals surface area contributed by atoms with Crippen molar-refractivity contribution in [2.45, 2.75) is 45.7 Å². The van der Waals surface area contributed by atoms with Gasteiger partial charge in [0.15, 0.2) is 5.69 Å². The third-order valence-electron chi connectivity index (χ3n) is 5.54. The van der Waals surface area contributed by atoms with E-state index in [0.29, 0.717) is 30.8 Å². The summed E-state index contributed by atoms with van der Waals surface area (Å²) in [5.41, 5.74) is 6.63. The SMILES string of the molecule is CCCCn1c(N)c(N(Cc2ccco2)C(=O)Cc2csc(Cc3ccccc3)n2)c(=O)[nH]c1=O. The van der Waals surface area contributed by atoms with E-state index in [1.54, 1.807) is 12.1 Å². The van der Waals surface area contributed by atoms with Crippen LogP contribution in [0.5, 0.6) is 0 Å². The Kier molecular flexibility index (Phi) is 7.61. The van der Waals surface area contributed by atoms with Crippen molar-refractivity contribution in [3.63, 3.8) is 0 Å². The molecule has 3 aromatic heterocycles. The first kappa shape index (κ1) is 24.2. The van der Waals surface area contributed by atoms with Crippen LogP contribution in [0.3, 0.4) is 0 Å². The summed E-state index contributed by atoms with van der Waals surface area (Å²) in [4.78, 5) is 46.9. The number of nitrogens with two attached hydrogens (primary N) is 1. The Morgan fingerprint density at radius 3 is 2.71 bits per heavy atom. The number of hydrogen-bond acceptors (Lipinski definition) is 7. The first-order chi connectivity index (χ1) is 17.0. The molecule has 35 heavy (non-hydrogen) atoms. The zero-order valence-electron chi connectivity index (χ0n) is 19.4. The molecule has 0 spiro atoms. The normalized spacial score (nSPS) is 11.0. The number of H-pyrrole nitrogens is 1. The van der Waals surface area contributed by atoms with Gasteiger partial charge in [-0.15, -0.1) is 11.3 Å². The molecule has 0 saturated carbocycles. The minimum atomic E-state index is -0.719. The van der Waals surface area contributed by atoms with Crippen molar-refractivity contribution in [3.8, 4) is 0 Å². The molecule has 0 aliphatic carbocycles. The fourth-order valence-corrected chi connectivity index (χ4v) is 4.59. The minimum Gasteiger partial charge on any atom is -0.467 e. The van der Waals surface area contributed by atoms with Crippen molar-refractivity contribution in [3.05, 3.63) is 97.0 Å². The van der Waals surface area contributed by atoms with Crippen LogP contribution >= 0.6 is 11.3 Å². The van der Waals surface area contributed by atoms with E-state index < -0.39 is 11.2 Å². The second-order valence-electron chi connectivity index (χ2n) is 8.13. The van der Waals surface area contributed by atoms with Crippen LogP contribution in [0.4, 0.5) is 11.5 Å². The number of amides is 1. The van der Waals surface area contributed by atoms with E-state index in [2.05, 4.69) is 9.97 Å². The van der Waals surface area contributed by atoms with E-state index in [4.69, 9.17) is 10.2 Å². The highest BCUT2D eigenvalue weighted by atomic mass is 32.1. The van der Waals surface area contributed by atoms with Gasteiger partial charge in [-0.1, -0.05) is 43.7 Å². The van der Waals surface area contributed by atoms with E-state index in [-0.39, 0.29) is 30.4 Å². The van der Waals surface area contributed by atoms with Crippen LogP contribution in [-0.4, -0.2) is 20.4 Å². The van der Waals surface area contributed by atoms with Crippen molar-refractivity contribution in [1.82, 2.24) is 14.5 Å². The summed E-state index contributed by atoms with van der Waals surface area (Å²) in [7, 11) is 0. The Bertz CT molecular complexity index is 1390. The summed E-state index contributed by atoms with van der Waals surface area (Å²) in [5.74, 6) is 0.0532. The number of carbonyl (C=O) groups excluding carboxylic acids is 1. The fraction of sp³-hybridized carbons (Fsp3) is 0.280. The number of hydrogen-bond donors (Lipinski definition) is 2. The zero-order chi connectivity index (χ0) is 24.8. The van der Waals surface area contributed by atoms with Crippen molar-refractivity contribution in [2.24, 2.45) is 0 Å². The largest absolute Gasteiger partial charge is 0.467 e. The van der Waals surface area contributed by atoms with Crippen molar-refractivity contribution in [1.29, 1.82) is 0 Å². The highest BCUT2D eigenvalue weighted by Gasteiger charge is 2.26. The lowest BCUT2D eigenvalue weighted by molar-refractivity contribution is -0.118. The molecule has 0 radical (unpaired) electrons. The Morgan fingerprint density at radius 2 is 2.00 bits per heavy atom. The Balaban J connectivity index is 1.63. The Hall–Kier alpha value is -3.92. The Morgan fingerprint density at radius 1 is 1.20 bits per heavy atom. The quantitative estimate of drug-likeness (QED) is 0.349. The van der Waals surface area contributed by atoms with Gasteiger partial charge in [0.25, 0.3) is 5.56 Å². The molecule has 3 heterocycles. The number of nitrogens with one attached hydrogen (secondary N) is 1. The van der Waals surface area contributed by atoms with Crippen LogP contribution < -0.4 is 21.9 Å². The van der Waals surface area contributed by atoms with Crippen LogP contribution in [0.2, 0.25) is 0 Å². The minimum absolute atomic E-state index is 0.00783. The maximum atomic E-state index is 13.5. The number of unbranched alkanes of at least 4 members (excludes halogenated alkanes) is 1. The maximum absolute atomic E-state index is 13.5. The van der Waals surface area contributed by atoms with Crippen LogP contribution in [0.1, 0.15) is 41.8 Å². The predicted octanol–water partition coefficient (Wildman–Crippen LogP) is 3.34. The zero-order valence-corrected chi connectivity index (χ0v) is 20.2. The molecule has 0 atom stereocenters. The lowest BCUT2D eigenvalue weighted by Crippen LogP contribution is -2.41. The van der Waals surface area contributed by atoms with E-state index in [1.807, 2.05) is 42.6 Å². The highest BCUT2D eigenvalue weighted by Crippen LogP contribution is 2.22. The van der Waals surface area contributed by atoms with Gasteiger partial charge in [0, 0.05) is 18.3 Å². The molecule has 0 fully saturated rings. The number of rotatable bonds is 10. The van der Waals surface area contributed by atoms with Gasteiger partial charge in [0.2, 0.25) is 5.91 Å². The van der Waals surface area contributed by atoms with Crippen molar-refractivity contribution in [2.75, 3.05) is 10.6 Å². The van der Waals surface area contributed by atoms with Crippen LogP contribution in [0.25, 0.3) is 0 Å². The Labute approximate surface area is 205 Å². The molecule has 1 aromatic carbocycles. The van der Waals surface area contributed by atoms with Crippen molar-refractivity contribution < 1.29 is 9.21 Å². The molecule has 0 aliphatic heterocycles. The summed E-state index contributed by atoms with van der Waals surface area (Å²) >= 11 is 1.48. The molecule has 4 aromatic rings. The fourth-order valence-electron chi connectivity index (χ4n) is 3.76. The molecule has 10 heteroatoms. The molecule has 4 rings (SSSR count). The second-order valence-corrected chi connectivity index (χ2v) is 9.07. The number of furan rings is 1. The molecule has 9 nitrogen and oxygen atoms in total. The smallest absolute Gasteiger partial charge is 0.330 e. The number of carbonyl (C=O) groups is 1. The topological polar surface area (TPSA) is 127 Å². The summed E-state index contributed by atoms with van der Waals surface area (Å²) in [6, 6.07) is 13.4. The van der Waals surface area contributed by atoms with Gasteiger partial charge in [-0.3, -0.25) is 24.0 Å². The van der Waals surface area contributed by atoms with E-state index in [9.17, 15) is 14.4 Å². The summed E-state index contributed by atoms with van der Waals surface area (Å²) < 4.78 is 6.72. The number of thiazole rings is 1. The van der Waals surface area contributed by atoms with Gasteiger partial charge in [0.05, 0.1) is 29.9 Å². The maximum Gasteiger partial charge on any atom is 0.330 e. The number of nitrogens with zero attached hydrogens (tertiary/aromatic N) is 3. The first-order valence-corrected chi connectivity index (χ1v) is 12.3. The molecule has 1 amide bonds. The molecule has 0 unspecified atom stereocenters.